The first-order valence-electron chi connectivity index (χ1n) is 6.75. The molecule has 2 aromatic carbocycles. The predicted molar refractivity (Wildman–Crippen MR) is 81.4 cm³/mol. The summed E-state index contributed by atoms with van der Waals surface area (Å²) in [7, 11) is 1.61. The van der Waals surface area contributed by atoms with E-state index in [0.29, 0.717) is 17.5 Å². The van der Waals surface area contributed by atoms with Crippen molar-refractivity contribution < 1.29 is 9.15 Å². The Morgan fingerprint density at radius 2 is 1.91 bits per heavy atom. The van der Waals surface area contributed by atoms with Crippen molar-refractivity contribution in [3.8, 4) is 28.7 Å². The van der Waals surface area contributed by atoms with Crippen molar-refractivity contribution in [3.05, 3.63) is 48.8 Å². The van der Waals surface area contributed by atoms with Gasteiger partial charge in [0.15, 0.2) is 0 Å². The van der Waals surface area contributed by atoms with Gasteiger partial charge in [-0.05, 0) is 30.3 Å². The van der Waals surface area contributed by atoms with Crippen molar-refractivity contribution >= 4 is 11.0 Å². The summed E-state index contributed by atoms with van der Waals surface area (Å²) < 4.78 is 11.1. The Labute approximate surface area is 125 Å². The Morgan fingerprint density at radius 1 is 1.05 bits per heavy atom. The monoisotopic (exact) mass is 292 g/mol. The second-order valence-corrected chi connectivity index (χ2v) is 4.75. The topological polar surface area (TPSA) is 76.8 Å². The van der Waals surface area contributed by atoms with Crippen LogP contribution in [0.4, 0.5) is 0 Å². The molecule has 1 N–H and O–H groups in total. The van der Waals surface area contributed by atoms with Gasteiger partial charge in [0.2, 0.25) is 5.89 Å². The number of nitrogens with zero attached hydrogens (tertiary/aromatic N) is 3. The van der Waals surface area contributed by atoms with Gasteiger partial charge < -0.3 is 14.1 Å². The lowest BCUT2D eigenvalue weighted by Gasteiger charge is -2.03. The van der Waals surface area contributed by atoms with Crippen LogP contribution in [0.3, 0.4) is 0 Å². The van der Waals surface area contributed by atoms with E-state index in [0.717, 1.165) is 22.2 Å². The van der Waals surface area contributed by atoms with E-state index in [1.807, 2.05) is 42.5 Å². The van der Waals surface area contributed by atoms with Gasteiger partial charge in [-0.15, -0.1) is 10.2 Å². The largest absolute Gasteiger partial charge is 0.496 e. The standard InChI is InChI=1S/C16H12N4O2/c1-21-14-5-3-2-4-11(14)16-20-19-15(22-16)10-6-7-12-13(8-10)18-9-17-12/h2-9H,1H3,(H,17,18). The number of imidazole rings is 1. The molecule has 22 heavy (non-hydrogen) atoms. The molecule has 0 aliphatic carbocycles. The zero-order valence-corrected chi connectivity index (χ0v) is 11.8. The first kappa shape index (κ1) is 12.6. The Balaban J connectivity index is 1.77. The highest BCUT2D eigenvalue weighted by Gasteiger charge is 2.14. The molecule has 0 fully saturated rings. The van der Waals surface area contributed by atoms with E-state index in [9.17, 15) is 0 Å². The third-order valence-electron chi connectivity index (χ3n) is 3.43. The minimum Gasteiger partial charge on any atom is -0.496 e. The Kier molecular flexibility index (Phi) is 2.86. The summed E-state index contributed by atoms with van der Waals surface area (Å²) in [5.41, 5.74) is 3.43. The Morgan fingerprint density at radius 3 is 2.82 bits per heavy atom. The number of aromatic nitrogens is 4. The smallest absolute Gasteiger partial charge is 0.251 e. The number of H-pyrrole nitrogens is 1. The average Bonchev–Trinajstić information content (AvgIpc) is 3.23. The van der Waals surface area contributed by atoms with Gasteiger partial charge in [0, 0.05) is 5.56 Å². The molecule has 0 saturated carbocycles. The molecule has 4 rings (SSSR count). The van der Waals surface area contributed by atoms with Gasteiger partial charge in [0.1, 0.15) is 5.75 Å². The molecule has 2 heterocycles. The summed E-state index contributed by atoms with van der Waals surface area (Å²) in [6, 6.07) is 13.3. The molecule has 0 atom stereocenters. The highest BCUT2D eigenvalue weighted by Crippen LogP contribution is 2.31. The van der Waals surface area contributed by atoms with Gasteiger partial charge in [-0.25, -0.2) is 4.98 Å². The molecule has 108 valence electrons. The molecule has 0 saturated heterocycles. The first-order chi connectivity index (χ1) is 10.8. The summed E-state index contributed by atoms with van der Waals surface area (Å²) in [6.45, 7) is 0. The van der Waals surface area contributed by atoms with Crippen molar-refractivity contribution in [2.45, 2.75) is 0 Å². The van der Waals surface area contributed by atoms with E-state index in [-0.39, 0.29) is 0 Å². The van der Waals surface area contributed by atoms with Crippen LogP contribution < -0.4 is 4.74 Å². The molecule has 0 spiro atoms. The number of ether oxygens (including phenoxy) is 1. The van der Waals surface area contributed by atoms with Crippen molar-refractivity contribution in [1.82, 2.24) is 20.2 Å². The molecule has 0 amide bonds. The predicted octanol–water partition coefficient (Wildman–Crippen LogP) is 3.29. The summed E-state index contributed by atoms with van der Waals surface area (Å²) >= 11 is 0. The van der Waals surface area contributed by atoms with E-state index >= 15 is 0 Å². The number of hydrogen-bond donors (Lipinski definition) is 1. The normalized spacial score (nSPS) is 11.0. The number of aromatic amines is 1. The number of methoxy groups -OCH3 is 1. The summed E-state index contributed by atoms with van der Waals surface area (Å²) in [5, 5.41) is 8.24. The molecule has 2 aromatic heterocycles. The lowest BCUT2D eigenvalue weighted by atomic mass is 10.2. The van der Waals surface area contributed by atoms with Crippen molar-refractivity contribution in [2.75, 3.05) is 7.11 Å². The number of hydrogen-bond acceptors (Lipinski definition) is 5. The molecule has 6 nitrogen and oxygen atoms in total. The molecular weight excluding hydrogens is 280 g/mol. The Hall–Kier alpha value is -3.15. The second kappa shape index (κ2) is 5.00. The van der Waals surface area contributed by atoms with E-state index in [2.05, 4.69) is 20.2 Å². The molecular formula is C16H12N4O2. The van der Waals surface area contributed by atoms with Gasteiger partial charge in [-0.2, -0.15) is 0 Å². The minimum atomic E-state index is 0.428. The average molecular weight is 292 g/mol. The number of fused-ring (bicyclic) bond motifs is 1. The molecule has 4 aromatic rings. The maximum Gasteiger partial charge on any atom is 0.251 e. The third-order valence-corrected chi connectivity index (χ3v) is 3.43. The highest BCUT2D eigenvalue weighted by molar-refractivity contribution is 5.79. The zero-order valence-electron chi connectivity index (χ0n) is 11.8. The number of para-hydroxylation sites is 1. The van der Waals surface area contributed by atoms with Gasteiger partial charge in [-0.1, -0.05) is 12.1 Å². The van der Waals surface area contributed by atoms with Crippen LogP contribution in [-0.4, -0.2) is 27.3 Å². The van der Waals surface area contributed by atoms with Crippen LogP contribution in [0.2, 0.25) is 0 Å². The van der Waals surface area contributed by atoms with Gasteiger partial charge in [0.25, 0.3) is 5.89 Å². The van der Waals surface area contributed by atoms with Crippen molar-refractivity contribution in [2.24, 2.45) is 0 Å². The lowest BCUT2D eigenvalue weighted by Crippen LogP contribution is -1.87. The fraction of sp³-hybridized carbons (Fsp3) is 0.0625. The fourth-order valence-electron chi connectivity index (χ4n) is 2.34. The second-order valence-electron chi connectivity index (χ2n) is 4.75. The quantitative estimate of drug-likeness (QED) is 0.627. The van der Waals surface area contributed by atoms with Crippen molar-refractivity contribution in [3.63, 3.8) is 0 Å². The maximum absolute atomic E-state index is 5.79. The van der Waals surface area contributed by atoms with Crippen LogP contribution in [0.15, 0.2) is 53.2 Å². The molecule has 0 bridgehead atoms. The van der Waals surface area contributed by atoms with Crippen LogP contribution in [0.25, 0.3) is 33.9 Å². The van der Waals surface area contributed by atoms with Crippen LogP contribution in [0.1, 0.15) is 0 Å². The van der Waals surface area contributed by atoms with Crippen LogP contribution in [0, 0.1) is 0 Å². The summed E-state index contributed by atoms with van der Waals surface area (Å²) in [4.78, 5) is 7.26. The van der Waals surface area contributed by atoms with E-state index < -0.39 is 0 Å². The SMILES string of the molecule is COc1ccccc1-c1nnc(-c2ccc3nc[nH]c3c2)o1. The number of nitrogens with one attached hydrogen (secondary N) is 1. The minimum absolute atomic E-state index is 0.428. The summed E-state index contributed by atoms with van der Waals surface area (Å²) in [5.74, 6) is 1.58. The van der Waals surface area contributed by atoms with Crippen molar-refractivity contribution in [1.29, 1.82) is 0 Å². The molecule has 6 heteroatoms. The van der Waals surface area contributed by atoms with E-state index in [1.165, 1.54) is 0 Å². The lowest BCUT2D eigenvalue weighted by molar-refractivity contribution is 0.414. The maximum atomic E-state index is 5.79. The number of benzene rings is 2. The zero-order chi connectivity index (χ0) is 14.9. The first-order valence-corrected chi connectivity index (χ1v) is 6.75. The molecule has 0 radical (unpaired) electrons. The third kappa shape index (κ3) is 2.01. The molecule has 0 unspecified atom stereocenters. The highest BCUT2D eigenvalue weighted by atomic mass is 16.5. The van der Waals surface area contributed by atoms with Crippen LogP contribution in [0.5, 0.6) is 5.75 Å². The van der Waals surface area contributed by atoms with Crippen LogP contribution in [-0.2, 0) is 0 Å². The van der Waals surface area contributed by atoms with E-state index in [4.69, 9.17) is 9.15 Å². The van der Waals surface area contributed by atoms with Crippen LogP contribution >= 0.6 is 0 Å². The molecule has 0 aliphatic rings. The fourth-order valence-corrected chi connectivity index (χ4v) is 2.34. The molecule has 0 aliphatic heterocycles. The summed E-state index contributed by atoms with van der Waals surface area (Å²) in [6.07, 6.45) is 1.66. The Bertz CT molecular complexity index is 942. The van der Waals surface area contributed by atoms with Gasteiger partial charge in [0.05, 0.1) is 30.0 Å². The van der Waals surface area contributed by atoms with E-state index in [1.54, 1.807) is 13.4 Å². The number of rotatable bonds is 3. The van der Waals surface area contributed by atoms with Gasteiger partial charge >= 0.3 is 0 Å². The van der Waals surface area contributed by atoms with Gasteiger partial charge in [-0.3, -0.25) is 0 Å².